The van der Waals surface area contributed by atoms with Crippen LogP contribution in [0.3, 0.4) is 0 Å². The summed E-state index contributed by atoms with van der Waals surface area (Å²) < 4.78 is 4.48. The predicted octanol–water partition coefficient (Wildman–Crippen LogP) is 2.54. The molecule has 1 aliphatic carbocycles. The van der Waals surface area contributed by atoms with Gasteiger partial charge in [-0.2, -0.15) is 0 Å². The van der Waals surface area contributed by atoms with Crippen molar-refractivity contribution in [3.63, 3.8) is 0 Å². The van der Waals surface area contributed by atoms with E-state index in [0.29, 0.717) is 23.5 Å². The van der Waals surface area contributed by atoms with Crippen LogP contribution in [0.5, 0.6) is 5.75 Å². The number of carbonyl (C=O) groups is 2. The smallest absolute Gasteiger partial charge is 0.265 e. The molecule has 5 nitrogen and oxygen atoms in total. The van der Waals surface area contributed by atoms with Crippen molar-refractivity contribution in [3.8, 4) is 5.75 Å². The average molecular weight is 315 g/mol. The number of anilines is 2. The summed E-state index contributed by atoms with van der Waals surface area (Å²) in [6, 6.07) is 5.04. The predicted molar refractivity (Wildman–Crippen MR) is 76.3 cm³/mol. The van der Waals surface area contributed by atoms with Gasteiger partial charge in [-0.05, 0) is 31.5 Å². The molecule has 2 unspecified atom stereocenters. The van der Waals surface area contributed by atoms with Crippen LogP contribution in [-0.2, 0) is 9.59 Å². The third-order valence-electron chi connectivity index (χ3n) is 3.32. The Morgan fingerprint density at radius 1 is 1.50 bits per heavy atom. The van der Waals surface area contributed by atoms with E-state index < -0.39 is 16.4 Å². The van der Waals surface area contributed by atoms with Crippen LogP contribution >= 0.6 is 23.2 Å². The summed E-state index contributed by atoms with van der Waals surface area (Å²) in [7, 11) is 0. The molecule has 1 saturated carbocycles. The van der Waals surface area contributed by atoms with Crippen molar-refractivity contribution >= 4 is 46.4 Å². The molecule has 106 valence electrons. The minimum Gasteiger partial charge on any atom is -0.479 e. The van der Waals surface area contributed by atoms with Crippen LogP contribution in [0.4, 0.5) is 11.4 Å². The monoisotopic (exact) mass is 314 g/mol. The number of hydrogen-bond acceptors (Lipinski definition) is 3. The second-order valence-electron chi connectivity index (χ2n) is 4.97. The van der Waals surface area contributed by atoms with Crippen molar-refractivity contribution in [1.29, 1.82) is 0 Å². The first kappa shape index (κ1) is 13.5. The Morgan fingerprint density at radius 3 is 2.85 bits per heavy atom. The van der Waals surface area contributed by atoms with Crippen LogP contribution in [0, 0.1) is 5.92 Å². The summed E-state index contributed by atoms with van der Waals surface area (Å²) >= 11 is 11.7. The van der Waals surface area contributed by atoms with Gasteiger partial charge < -0.3 is 15.4 Å². The molecule has 1 aromatic carbocycles. The molecule has 1 heterocycles. The van der Waals surface area contributed by atoms with Gasteiger partial charge in [0.2, 0.25) is 5.91 Å². The Morgan fingerprint density at radius 2 is 2.20 bits per heavy atom. The molecule has 2 aliphatic rings. The molecule has 0 radical (unpaired) electrons. The summed E-state index contributed by atoms with van der Waals surface area (Å²) in [5, 5.41) is 5.44. The Labute approximate surface area is 125 Å². The first-order valence-electron chi connectivity index (χ1n) is 6.17. The molecular weight excluding hydrogens is 303 g/mol. The third kappa shape index (κ3) is 2.43. The summed E-state index contributed by atoms with van der Waals surface area (Å²) in [5.74, 6) is -0.270. The topological polar surface area (TPSA) is 67.4 Å². The van der Waals surface area contributed by atoms with Crippen molar-refractivity contribution in [1.82, 2.24) is 0 Å². The highest BCUT2D eigenvalue weighted by Crippen LogP contribution is 2.53. The molecule has 1 aliphatic heterocycles. The first-order chi connectivity index (χ1) is 9.37. The van der Waals surface area contributed by atoms with Gasteiger partial charge >= 0.3 is 0 Å². The van der Waals surface area contributed by atoms with Gasteiger partial charge in [-0.25, -0.2) is 0 Å². The van der Waals surface area contributed by atoms with Gasteiger partial charge in [-0.3, -0.25) is 9.59 Å². The normalized spacial score (nSPS) is 26.1. The molecule has 1 aromatic rings. The fourth-order valence-electron chi connectivity index (χ4n) is 2.01. The second kappa shape index (κ2) is 4.53. The summed E-state index contributed by atoms with van der Waals surface area (Å²) in [5.41, 5.74) is 1.09. The lowest BCUT2D eigenvalue weighted by Crippen LogP contribution is -2.34. The van der Waals surface area contributed by atoms with Gasteiger partial charge in [0.15, 0.2) is 6.10 Å². The van der Waals surface area contributed by atoms with E-state index in [9.17, 15) is 9.59 Å². The molecule has 0 aromatic heterocycles. The van der Waals surface area contributed by atoms with E-state index in [1.54, 1.807) is 25.1 Å². The third-order valence-corrected chi connectivity index (χ3v) is 4.16. The van der Waals surface area contributed by atoms with Gasteiger partial charge in [-0.15, -0.1) is 23.2 Å². The van der Waals surface area contributed by atoms with E-state index in [0.717, 1.165) is 0 Å². The molecule has 0 spiro atoms. The lowest BCUT2D eigenvalue weighted by molar-refractivity contribution is -0.122. The van der Waals surface area contributed by atoms with Crippen molar-refractivity contribution < 1.29 is 14.3 Å². The molecule has 0 saturated heterocycles. The number of benzene rings is 1. The van der Waals surface area contributed by atoms with Crippen molar-refractivity contribution in [2.75, 3.05) is 10.6 Å². The quantitative estimate of drug-likeness (QED) is 0.824. The average Bonchev–Trinajstić information content (AvgIpc) is 3.00. The fraction of sp³-hybridized carbons (Fsp3) is 0.385. The zero-order valence-electron chi connectivity index (χ0n) is 10.6. The molecule has 20 heavy (non-hydrogen) atoms. The summed E-state index contributed by atoms with van der Waals surface area (Å²) in [6.45, 7) is 1.67. The number of nitrogens with one attached hydrogen (secondary N) is 2. The lowest BCUT2D eigenvalue weighted by atomic mass is 10.2. The molecule has 2 N–H and O–H groups in total. The van der Waals surface area contributed by atoms with Crippen molar-refractivity contribution in [3.05, 3.63) is 18.2 Å². The van der Waals surface area contributed by atoms with Gasteiger partial charge in [0, 0.05) is 5.69 Å². The number of alkyl halides is 2. The fourth-order valence-corrected chi connectivity index (χ4v) is 2.52. The molecule has 7 heteroatoms. The maximum Gasteiger partial charge on any atom is 0.265 e. The molecule has 1 fully saturated rings. The van der Waals surface area contributed by atoms with Crippen LogP contribution in [0.25, 0.3) is 0 Å². The van der Waals surface area contributed by atoms with Crippen LogP contribution in [-0.4, -0.2) is 22.3 Å². The second-order valence-corrected chi connectivity index (χ2v) is 6.51. The molecule has 2 atom stereocenters. The van der Waals surface area contributed by atoms with E-state index in [1.165, 1.54) is 0 Å². The standard InChI is InChI=1S/C13H12Cl2N2O3/c1-6-11(18)17-9-4-7(2-3-10(9)20-6)16-12(19)8-5-13(8,14)15/h2-4,6,8H,5H2,1H3,(H,16,19)(H,17,18). The number of rotatable bonds is 2. The molecule has 0 bridgehead atoms. The van der Waals surface area contributed by atoms with Gasteiger partial charge in [0.1, 0.15) is 10.1 Å². The highest BCUT2D eigenvalue weighted by molar-refractivity contribution is 6.52. The van der Waals surface area contributed by atoms with E-state index in [-0.39, 0.29) is 11.8 Å². The SMILES string of the molecule is CC1Oc2ccc(NC(=O)C3CC3(Cl)Cl)cc2NC1=O. The summed E-state index contributed by atoms with van der Waals surface area (Å²) in [6.07, 6.45) is -0.0768. The van der Waals surface area contributed by atoms with E-state index >= 15 is 0 Å². The van der Waals surface area contributed by atoms with Crippen LogP contribution in [0.15, 0.2) is 18.2 Å². The molecular formula is C13H12Cl2N2O3. The number of ether oxygens (including phenoxy) is 1. The first-order valence-corrected chi connectivity index (χ1v) is 6.93. The molecule has 2 amide bonds. The number of fused-ring (bicyclic) bond motifs is 1. The van der Waals surface area contributed by atoms with Gasteiger partial charge in [-0.1, -0.05) is 0 Å². The van der Waals surface area contributed by atoms with E-state index in [1.807, 2.05) is 0 Å². The van der Waals surface area contributed by atoms with Gasteiger partial charge in [0.05, 0.1) is 11.6 Å². The zero-order chi connectivity index (χ0) is 14.5. The Balaban J connectivity index is 1.75. The van der Waals surface area contributed by atoms with E-state index in [2.05, 4.69) is 10.6 Å². The van der Waals surface area contributed by atoms with E-state index in [4.69, 9.17) is 27.9 Å². The van der Waals surface area contributed by atoms with Crippen LogP contribution < -0.4 is 15.4 Å². The minimum atomic E-state index is -0.953. The Kier molecular flexibility index (Phi) is 3.06. The Hall–Kier alpha value is -1.46. The highest BCUT2D eigenvalue weighted by atomic mass is 35.5. The van der Waals surface area contributed by atoms with Crippen molar-refractivity contribution in [2.45, 2.75) is 23.8 Å². The molecule has 3 rings (SSSR count). The number of amides is 2. The number of halogens is 2. The van der Waals surface area contributed by atoms with Crippen molar-refractivity contribution in [2.24, 2.45) is 5.92 Å². The van der Waals surface area contributed by atoms with Gasteiger partial charge in [0.25, 0.3) is 5.91 Å². The zero-order valence-corrected chi connectivity index (χ0v) is 12.1. The summed E-state index contributed by atoms with van der Waals surface area (Å²) in [4.78, 5) is 23.4. The van der Waals surface area contributed by atoms with Crippen LogP contribution in [0.2, 0.25) is 0 Å². The van der Waals surface area contributed by atoms with Crippen LogP contribution in [0.1, 0.15) is 13.3 Å². The minimum absolute atomic E-state index is 0.219. The number of hydrogen-bond donors (Lipinski definition) is 2. The Bertz CT molecular complexity index is 603. The maximum absolute atomic E-state index is 11.9. The largest absolute Gasteiger partial charge is 0.479 e. The highest BCUT2D eigenvalue weighted by Gasteiger charge is 2.56. The maximum atomic E-state index is 11.9. The number of carbonyl (C=O) groups excluding carboxylic acids is 2. The lowest BCUT2D eigenvalue weighted by Gasteiger charge is -2.23.